The average molecular weight is 551 g/mol. The zero-order valence-electron chi connectivity index (χ0n) is 22.4. The molecule has 41 heavy (non-hydrogen) atoms. The van der Waals surface area contributed by atoms with Crippen molar-refractivity contribution in [2.24, 2.45) is 0 Å². The Morgan fingerprint density at radius 1 is 0.585 bits per heavy atom. The van der Waals surface area contributed by atoms with E-state index in [1.165, 1.54) is 0 Å². The number of hydrogen-bond acceptors (Lipinski definition) is 9. The summed E-state index contributed by atoms with van der Waals surface area (Å²) in [5.74, 6) is 3.86. The zero-order chi connectivity index (χ0) is 28.6. The summed E-state index contributed by atoms with van der Waals surface area (Å²) in [5, 5.41) is 8.37. The normalized spacial score (nSPS) is 10.6. The van der Waals surface area contributed by atoms with E-state index < -0.39 is 0 Å². The Balaban J connectivity index is 1.27. The minimum absolute atomic E-state index is 0.355. The Labute approximate surface area is 236 Å². The number of aldehydes is 2. The Bertz CT molecular complexity index is 1520. The molecule has 1 heterocycles. The fourth-order valence-corrected chi connectivity index (χ4v) is 3.94. The largest absolute Gasteiger partial charge is 0.490 e. The van der Waals surface area contributed by atoms with Gasteiger partial charge in [-0.15, -0.1) is 10.2 Å². The molecule has 4 aromatic carbocycles. The first-order valence-corrected chi connectivity index (χ1v) is 12.9. The van der Waals surface area contributed by atoms with Crippen LogP contribution in [0, 0.1) is 0 Å². The zero-order valence-corrected chi connectivity index (χ0v) is 22.4. The van der Waals surface area contributed by atoms with Crippen molar-refractivity contribution in [1.29, 1.82) is 0 Å². The van der Waals surface area contributed by atoms with E-state index in [0.717, 1.165) is 23.7 Å². The third kappa shape index (κ3) is 6.42. The van der Waals surface area contributed by atoms with Gasteiger partial charge >= 0.3 is 0 Å². The average Bonchev–Trinajstić information content (AvgIpc) is 3.50. The van der Waals surface area contributed by atoms with Gasteiger partial charge in [0.1, 0.15) is 24.1 Å². The number of rotatable bonds is 12. The molecule has 0 bridgehead atoms. The van der Waals surface area contributed by atoms with Crippen LogP contribution in [-0.2, 0) is 0 Å². The van der Waals surface area contributed by atoms with Gasteiger partial charge in [0.2, 0.25) is 11.8 Å². The Morgan fingerprint density at radius 2 is 1.00 bits per heavy atom. The molecule has 9 nitrogen and oxygen atoms in total. The maximum atomic E-state index is 11.1. The first-order valence-electron chi connectivity index (χ1n) is 12.9. The summed E-state index contributed by atoms with van der Waals surface area (Å²) in [5.41, 5.74) is 2.46. The van der Waals surface area contributed by atoms with Crippen molar-refractivity contribution in [2.75, 3.05) is 13.2 Å². The highest BCUT2D eigenvalue weighted by molar-refractivity contribution is 5.77. The molecule has 5 aromatic rings. The molecule has 0 N–H and O–H groups in total. The number of carbonyl (C=O) groups is 2. The molecule has 5 rings (SSSR count). The number of aromatic nitrogens is 2. The molecular formula is C32H26N2O7. The van der Waals surface area contributed by atoms with Gasteiger partial charge in [0.25, 0.3) is 0 Å². The van der Waals surface area contributed by atoms with E-state index in [1.54, 1.807) is 60.7 Å². The first kappa shape index (κ1) is 27.1. The molecule has 0 radical (unpaired) electrons. The van der Waals surface area contributed by atoms with Crippen LogP contribution in [0.15, 0.2) is 89.3 Å². The lowest BCUT2D eigenvalue weighted by Gasteiger charge is -2.12. The van der Waals surface area contributed by atoms with Crippen LogP contribution in [0.5, 0.6) is 34.5 Å². The first-order chi connectivity index (χ1) is 20.1. The van der Waals surface area contributed by atoms with Gasteiger partial charge in [-0.2, -0.15) is 0 Å². The molecule has 0 aliphatic rings. The van der Waals surface area contributed by atoms with E-state index in [4.69, 9.17) is 23.4 Å². The summed E-state index contributed by atoms with van der Waals surface area (Å²) in [7, 11) is 0. The third-order valence-electron chi connectivity index (χ3n) is 5.89. The van der Waals surface area contributed by atoms with Crippen molar-refractivity contribution in [3.05, 3.63) is 96.1 Å². The maximum absolute atomic E-state index is 11.1. The fourth-order valence-electron chi connectivity index (χ4n) is 3.94. The van der Waals surface area contributed by atoms with Crippen molar-refractivity contribution < 1.29 is 33.0 Å². The lowest BCUT2D eigenvalue weighted by Crippen LogP contribution is -1.96. The van der Waals surface area contributed by atoms with Gasteiger partial charge in [-0.3, -0.25) is 9.59 Å². The summed E-state index contributed by atoms with van der Waals surface area (Å²) >= 11 is 0. The van der Waals surface area contributed by atoms with Crippen molar-refractivity contribution in [2.45, 2.75) is 13.8 Å². The van der Waals surface area contributed by atoms with Gasteiger partial charge in [0, 0.05) is 22.3 Å². The molecule has 0 aliphatic carbocycles. The maximum Gasteiger partial charge on any atom is 0.248 e. The van der Waals surface area contributed by atoms with Crippen LogP contribution in [0.2, 0.25) is 0 Å². The monoisotopic (exact) mass is 550 g/mol. The van der Waals surface area contributed by atoms with Crippen LogP contribution < -0.4 is 18.9 Å². The summed E-state index contributed by atoms with van der Waals surface area (Å²) in [6.07, 6.45) is 1.52. The van der Waals surface area contributed by atoms with Gasteiger partial charge in [-0.1, -0.05) is 0 Å². The molecule has 1 aromatic heterocycles. The molecule has 0 amide bonds. The highest BCUT2D eigenvalue weighted by Gasteiger charge is 2.13. The second-order valence-corrected chi connectivity index (χ2v) is 8.68. The molecule has 0 spiro atoms. The molecule has 0 unspecified atom stereocenters. The van der Waals surface area contributed by atoms with Crippen LogP contribution >= 0.6 is 0 Å². The highest BCUT2D eigenvalue weighted by Crippen LogP contribution is 2.35. The fraction of sp³-hybridized carbons (Fsp3) is 0.125. The summed E-state index contributed by atoms with van der Waals surface area (Å²) in [6.45, 7) is 4.61. The van der Waals surface area contributed by atoms with Gasteiger partial charge < -0.3 is 23.4 Å². The Kier molecular flexibility index (Phi) is 8.35. The number of nitrogens with zero attached hydrogens (tertiary/aromatic N) is 2. The predicted octanol–water partition coefficient (Wildman–Crippen LogP) is 7.41. The SMILES string of the molecule is CCOc1cc(C=O)ccc1Oc1ccc(-c2nnc(-c3ccc(Oc4ccc(C=O)cc4OCC)cc3)o2)cc1. The molecule has 0 saturated heterocycles. The van der Waals surface area contributed by atoms with E-state index in [0.29, 0.717) is 70.6 Å². The Morgan fingerprint density at radius 3 is 1.37 bits per heavy atom. The quantitative estimate of drug-likeness (QED) is 0.147. The minimum atomic E-state index is 0.355. The van der Waals surface area contributed by atoms with Crippen molar-refractivity contribution in [3.8, 4) is 57.4 Å². The number of hydrogen-bond donors (Lipinski definition) is 0. The third-order valence-corrected chi connectivity index (χ3v) is 5.89. The molecule has 9 heteroatoms. The molecule has 206 valence electrons. The Hall–Kier alpha value is -5.44. The summed E-state index contributed by atoms with van der Waals surface area (Å²) in [6, 6.07) is 24.4. The van der Waals surface area contributed by atoms with E-state index in [2.05, 4.69) is 10.2 Å². The molecule has 0 saturated carbocycles. The highest BCUT2D eigenvalue weighted by atomic mass is 16.5. The van der Waals surface area contributed by atoms with E-state index in [9.17, 15) is 9.59 Å². The van der Waals surface area contributed by atoms with Crippen molar-refractivity contribution in [1.82, 2.24) is 10.2 Å². The summed E-state index contributed by atoms with van der Waals surface area (Å²) < 4.78 is 29.1. The second-order valence-electron chi connectivity index (χ2n) is 8.68. The van der Waals surface area contributed by atoms with Crippen LogP contribution in [0.4, 0.5) is 0 Å². The van der Waals surface area contributed by atoms with Crippen LogP contribution in [-0.4, -0.2) is 36.0 Å². The van der Waals surface area contributed by atoms with Gasteiger partial charge in [-0.25, -0.2) is 0 Å². The van der Waals surface area contributed by atoms with E-state index >= 15 is 0 Å². The number of benzene rings is 4. The second kappa shape index (κ2) is 12.6. The number of carbonyl (C=O) groups excluding carboxylic acids is 2. The lowest BCUT2D eigenvalue weighted by atomic mass is 10.2. The van der Waals surface area contributed by atoms with Crippen LogP contribution in [0.1, 0.15) is 34.6 Å². The molecule has 0 atom stereocenters. The topological polar surface area (TPSA) is 110 Å². The van der Waals surface area contributed by atoms with Crippen LogP contribution in [0.3, 0.4) is 0 Å². The molecule has 0 aliphatic heterocycles. The van der Waals surface area contributed by atoms with Crippen molar-refractivity contribution in [3.63, 3.8) is 0 Å². The standard InChI is InChI=1S/C32H26N2O7/c1-3-37-29-17-21(19-35)5-15-27(29)39-25-11-7-23(8-12-25)31-33-34-32(41-31)24-9-13-26(14-10-24)40-28-16-6-22(20-36)18-30(28)38-4-2/h5-20H,3-4H2,1-2H3. The van der Waals surface area contributed by atoms with E-state index in [-0.39, 0.29) is 0 Å². The van der Waals surface area contributed by atoms with Crippen LogP contribution in [0.25, 0.3) is 22.9 Å². The van der Waals surface area contributed by atoms with E-state index in [1.807, 2.05) is 38.1 Å². The minimum Gasteiger partial charge on any atom is -0.490 e. The molecular weight excluding hydrogens is 524 g/mol. The lowest BCUT2D eigenvalue weighted by molar-refractivity contribution is 0.111. The molecule has 0 fully saturated rings. The van der Waals surface area contributed by atoms with Gasteiger partial charge in [0.15, 0.2) is 23.0 Å². The van der Waals surface area contributed by atoms with Crippen molar-refractivity contribution >= 4 is 12.6 Å². The predicted molar refractivity (Wildman–Crippen MR) is 151 cm³/mol. The van der Waals surface area contributed by atoms with Gasteiger partial charge in [0.05, 0.1) is 13.2 Å². The number of ether oxygens (including phenoxy) is 4. The smallest absolute Gasteiger partial charge is 0.248 e. The van der Waals surface area contributed by atoms with Gasteiger partial charge in [-0.05, 0) is 98.8 Å². The summed E-state index contributed by atoms with van der Waals surface area (Å²) in [4.78, 5) is 22.2.